The van der Waals surface area contributed by atoms with Gasteiger partial charge in [0.2, 0.25) is 0 Å². The van der Waals surface area contributed by atoms with Crippen molar-refractivity contribution in [1.29, 1.82) is 0 Å². The van der Waals surface area contributed by atoms with Gasteiger partial charge in [0.1, 0.15) is 5.71 Å². The number of nitrogens with zero attached hydrogens (tertiary/aromatic N) is 1. The summed E-state index contributed by atoms with van der Waals surface area (Å²) in [7, 11) is 0. The van der Waals surface area contributed by atoms with Gasteiger partial charge in [-0.05, 0) is 54.7 Å². The number of ketones is 1. The SMILES string of the molecule is CC1(C)[C@H]2CC[C@]1(C)C(=O)/C2=N\NC(=S)Nc1ccc(Br)cc1. The van der Waals surface area contributed by atoms with Crippen molar-refractivity contribution in [2.45, 2.75) is 33.6 Å². The van der Waals surface area contributed by atoms with Crippen molar-refractivity contribution in [3.8, 4) is 0 Å². The number of carbonyl (C=O) groups is 1. The standard InChI is InChI=1S/C17H20BrN3OS/c1-16(2)12-8-9-17(16,3)14(22)13(12)20-21-15(23)19-11-6-4-10(18)5-7-11/h4-7,12H,8-9H2,1-3H3,(H2,19,21,23)/b20-13-/t12-,17+/m0/s1. The number of nitrogens with one attached hydrogen (secondary N) is 2. The first-order valence-electron chi connectivity index (χ1n) is 7.70. The fourth-order valence-corrected chi connectivity index (χ4v) is 4.19. The average molecular weight is 394 g/mol. The van der Waals surface area contributed by atoms with Gasteiger partial charge in [0.15, 0.2) is 10.9 Å². The lowest BCUT2D eigenvalue weighted by Crippen LogP contribution is -2.34. The maximum absolute atomic E-state index is 12.7. The Hall–Kier alpha value is -1.27. The van der Waals surface area contributed by atoms with E-state index in [0.29, 0.717) is 10.8 Å². The number of hydrogen-bond donors (Lipinski definition) is 2. The first-order valence-corrected chi connectivity index (χ1v) is 8.91. The highest BCUT2D eigenvalue weighted by Crippen LogP contribution is 2.62. The van der Waals surface area contributed by atoms with Crippen LogP contribution in [0.4, 0.5) is 5.69 Å². The van der Waals surface area contributed by atoms with Gasteiger partial charge in [-0.1, -0.05) is 36.7 Å². The highest BCUT2D eigenvalue weighted by atomic mass is 79.9. The smallest absolute Gasteiger partial charge is 0.191 e. The first-order chi connectivity index (χ1) is 10.8. The van der Waals surface area contributed by atoms with Gasteiger partial charge in [0.25, 0.3) is 0 Å². The number of anilines is 1. The van der Waals surface area contributed by atoms with Crippen LogP contribution in [-0.2, 0) is 4.79 Å². The Labute approximate surface area is 150 Å². The summed E-state index contributed by atoms with van der Waals surface area (Å²) in [4.78, 5) is 12.7. The van der Waals surface area contributed by atoms with Crippen LogP contribution in [0.5, 0.6) is 0 Å². The molecule has 0 aliphatic heterocycles. The molecule has 2 bridgehead atoms. The van der Waals surface area contributed by atoms with Gasteiger partial charge in [-0.25, -0.2) is 0 Å². The highest BCUT2D eigenvalue weighted by molar-refractivity contribution is 9.10. The van der Waals surface area contributed by atoms with E-state index in [1.807, 2.05) is 24.3 Å². The molecule has 0 heterocycles. The van der Waals surface area contributed by atoms with Crippen LogP contribution in [0.1, 0.15) is 33.6 Å². The quantitative estimate of drug-likeness (QED) is 0.586. The molecule has 23 heavy (non-hydrogen) atoms. The summed E-state index contributed by atoms with van der Waals surface area (Å²) < 4.78 is 1.00. The van der Waals surface area contributed by atoms with E-state index in [4.69, 9.17) is 12.2 Å². The summed E-state index contributed by atoms with van der Waals surface area (Å²) in [5.74, 6) is 0.376. The van der Waals surface area contributed by atoms with Crippen LogP contribution >= 0.6 is 28.1 Å². The molecule has 1 aromatic carbocycles. The maximum Gasteiger partial charge on any atom is 0.191 e. The zero-order chi connectivity index (χ0) is 16.8. The minimum Gasteiger partial charge on any atom is -0.331 e. The largest absolute Gasteiger partial charge is 0.331 e. The lowest BCUT2D eigenvalue weighted by molar-refractivity contribution is -0.123. The lowest BCUT2D eigenvalue weighted by Gasteiger charge is -2.31. The van der Waals surface area contributed by atoms with E-state index in [1.54, 1.807) is 0 Å². The number of hydrazone groups is 1. The Bertz CT molecular complexity index is 698. The molecule has 2 fully saturated rings. The van der Waals surface area contributed by atoms with Crippen molar-refractivity contribution in [2.24, 2.45) is 21.8 Å². The number of fused-ring (bicyclic) bond motifs is 2. The molecule has 2 atom stereocenters. The third kappa shape index (κ3) is 2.62. The summed E-state index contributed by atoms with van der Waals surface area (Å²) in [5.41, 5.74) is 4.02. The van der Waals surface area contributed by atoms with Crippen LogP contribution in [0.2, 0.25) is 0 Å². The van der Waals surface area contributed by atoms with Crippen LogP contribution in [-0.4, -0.2) is 16.6 Å². The third-order valence-electron chi connectivity index (χ3n) is 5.67. The molecule has 122 valence electrons. The van der Waals surface area contributed by atoms with Gasteiger partial charge in [-0.2, -0.15) is 5.10 Å². The van der Waals surface area contributed by atoms with E-state index < -0.39 is 0 Å². The van der Waals surface area contributed by atoms with Crippen molar-refractivity contribution in [3.63, 3.8) is 0 Å². The summed E-state index contributed by atoms with van der Waals surface area (Å²) in [6.45, 7) is 6.41. The summed E-state index contributed by atoms with van der Waals surface area (Å²) in [6.07, 6.45) is 1.97. The van der Waals surface area contributed by atoms with E-state index in [0.717, 1.165) is 23.0 Å². The van der Waals surface area contributed by atoms with Gasteiger partial charge in [0, 0.05) is 21.5 Å². The minimum absolute atomic E-state index is 0.0364. The van der Waals surface area contributed by atoms with Gasteiger partial charge >= 0.3 is 0 Å². The second kappa shape index (κ2) is 5.67. The van der Waals surface area contributed by atoms with E-state index in [9.17, 15) is 4.79 Å². The van der Waals surface area contributed by atoms with Crippen molar-refractivity contribution in [3.05, 3.63) is 28.7 Å². The predicted molar refractivity (Wildman–Crippen MR) is 101 cm³/mol. The molecule has 0 spiro atoms. The number of carbonyl (C=O) groups excluding carboxylic acids is 1. The van der Waals surface area contributed by atoms with Crippen molar-refractivity contribution >= 4 is 50.4 Å². The van der Waals surface area contributed by atoms with Crippen molar-refractivity contribution in [1.82, 2.24) is 5.43 Å². The maximum atomic E-state index is 12.7. The zero-order valence-electron chi connectivity index (χ0n) is 13.4. The topological polar surface area (TPSA) is 53.5 Å². The lowest BCUT2D eigenvalue weighted by atomic mass is 9.70. The first kappa shape index (κ1) is 16.6. The number of thiocarbonyl (C=S) groups is 1. The van der Waals surface area contributed by atoms with Gasteiger partial charge in [-0.3, -0.25) is 10.2 Å². The molecule has 0 radical (unpaired) electrons. The van der Waals surface area contributed by atoms with Gasteiger partial charge in [0.05, 0.1) is 0 Å². The average Bonchev–Trinajstić information content (AvgIpc) is 2.80. The summed E-state index contributed by atoms with van der Waals surface area (Å²) >= 11 is 8.65. The fourth-order valence-electron chi connectivity index (χ4n) is 3.76. The molecule has 2 saturated carbocycles. The third-order valence-corrected chi connectivity index (χ3v) is 6.39. The molecule has 4 nitrogen and oxygen atoms in total. The zero-order valence-corrected chi connectivity index (χ0v) is 15.8. The second-order valence-electron chi connectivity index (χ2n) is 7.04. The molecule has 2 aliphatic carbocycles. The van der Waals surface area contributed by atoms with Crippen LogP contribution < -0.4 is 10.7 Å². The Morgan fingerprint density at radius 2 is 1.96 bits per heavy atom. The van der Waals surface area contributed by atoms with E-state index in [1.165, 1.54) is 0 Å². The fraction of sp³-hybridized carbons (Fsp3) is 0.471. The van der Waals surface area contributed by atoms with Crippen LogP contribution in [0.15, 0.2) is 33.8 Å². The second-order valence-corrected chi connectivity index (χ2v) is 8.37. The van der Waals surface area contributed by atoms with Crippen LogP contribution in [0.3, 0.4) is 0 Å². The predicted octanol–water partition coefficient (Wildman–Crippen LogP) is 4.12. The molecule has 0 aromatic heterocycles. The van der Waals surface area contributed by atoms with E-state index >= 15 is 0 Å². The Balaban J connectivity index is 1.70. The van der Waals surface area contributed by atoms with Crippen molar-refractivity contribution < 1.29 is 4.79 Å². The Morgan fingerprint density at radius 1 is 1.30 bits per heavy atom. The molecule has 3 rings (SSSR count). The monoisotopic (exact) mass is 393 g/mol. The molecule has 2 N–H and O–H groups in total. The van der Waals surface area contributed by atoms with Crippen LogP contribution in [0.25, 0.3) is 0 Å². The van der Waals surface area contributed by atoms with Gasteiger partial charge < -0.3 is 5.32 Å². The molecule has 0 amide bonds. The molecule has 1 aromatic rings. The Kier molecular flexibility index (Phi) is 4.09. The summed E-state index contributed by atoms with van der Waals surface area (Å²) in [5, 5.41) is 7.80. The van der Waals surface area contributed by atoms with Crippen LogP contribution in [0, 0.1) is 16.7 Å². The van der Waals surface area contributed by atoms with Crippen molar-refractivity contribution in [2.75, 3.05) is 5.32 Å². The number of halogens is 1. The highest BCUT2D eigenvalue weighted by Gasteiger charge is 2.65. The molecule has 0 unspecified atom stereocenters. The van der Waals surface area contributed by atoms with E-state index in [2.05, 4.69) is 52.5 Å². The Morgan fingerprint density at radius 3 is 2.52 bits per heavy atom. The molecular formula is C17H20BrN3OS. The molecule has 2 aliphatic rings. The summed E-state index contributed by atoms with van der Waals surface area (Å²) in [6, 6.07) is 7.69. The normalized spacial score (nSPS) is 29.8. The number of benzene rings is 1. The molecular weight excluding hydrogens is 374 g/mol. The number of Topliss-reactive ketones (excluding diaryl/α,β-unsaturated/α-hetero) is 1. The minimum atomic E-state index is -0.293. The van der Waals surface area contributed by atoms with Gasteiger partial charge in [-0.15, -0.1) is 0 Å². The molecule has 6 heteroatoms. The van der Waals surface area contributed by atoms with E-state index in [-0.39, 0.29) is 22.5 Å². The molecule has 0 saturated heterocycles. The number of rotatable bonds is 2. The number of hydrogen-bond acceptors (Lipinski definition) is 3.